The van der Waals surface area contributed by atoms with Crippen molar-refractivity contribution >= 4 is 34.8 Å². The summed E-state index contributed by atoms with van der Waals surface area (Å²) in [4.78, 5) is 26.4. The van der Waals surface area contributed by atoms with Crippen LogP contribution in [0, 0.1) is 0 Å². The van der Waals surface area contributed by atoms with Crippen LogP contribution in [0.15, 0.2) is 30.3 Å². The number of hydrogen-bond donors (Lipinski definition) is 1. The predicted molar refractivity (Wildman–Crippen MR) is 85.6 cm³/mol. The normalized spacial score (nSPS) is 13.8. The number of nitrogens with zero attached hydrogens (tertiary/aromatic N) is 1. The molecule has 0 radical (unpaired) electrons. The molecule has 0 saturated carbocycles. The molecule has 1 aromatic heterocycles. The van der Waals surface area contributed by atoms with Crippen LogP contribution in [0.25, 0.3) is 0 Å². The van der Waals surface area contributed by atoms with Crippen molar-refractivity contribution in [2.75, 3.05) is 6.54 Å². The summed E-state index contributed by atoms with van der Waals surface area (Å²) >= 11 is 7.59. The van der Waals surface area contributed by atoms with Crippen molar-refractivity contribution in [3.8, 4) is 0 Å². The molecule has 0 unspecified atom stereocenters. The van der Waals surface area contributed by atoms with E-state index in [4.69, 9.17) is 16.7 Å². The van der Waals surface area contributed by atoms with Crippen molar-refractivity contribution in [3.63, 3.8) is 0 Å². The summed E-state index contributed by atoms with van der Waals surface area (Å²) in [6, 6.07) is 8.44. The minimum absolute atomic E-state index is 0.00973. The Morgan fingerprint density at radius 1 is 1.32 bits per heavy atom. The van der Waals surface area contributed by atoms with Crippen molar-refractivity contribution in [2.45, 2.75) is 19.4 Å². The fourth-order valence-electron chi connectivity index (χ4n) is 2.61. The lowest BCUT2D eigenvalue weighted by molar-refractivity contribution is -0.131. The van der Waals surface area contributed by atoms with Crippen LogP contribution in [0.4, 0.5) is 0 Å². The summed E-state index contributed by atoms with van der Waals surface area (Å²) in [6.45, 7) is 1.26. The van der Waals surface area contributed by atoms with Gasteiger partial charge in [-0.25, -0.2) is 4.79 Å². The van der Waals surface area contributed by atoms with Crippen molar-refractivity contribution < 1.29 is 14.7 Å². The number of aromatic carboxylic acids is 1. The molecule has 4 nitrogen and oxygen atoms in total. The molecule has 22 heavy (non-hydrogen) atoms. The van der Waals surface area contributed by atoms with Gasteiger partial charge in [0.1, 0.15) is 0 Å². The van der Waals surface area contributed by atoms with Crippen molar-refractivity contribution in [2.24, 2.45) is 0 Å². The second kappa shape index (κ2) is 6.10. The van der Waals surface area contributed by atoms with Gasteiger partial charge in [-0.2, -0.15) is 0 Å². The molecule has 1 aromatic carbocycles. The van der Waals surface area contributed by atoms with Gasteiger partial charge in [0.25, 0.3) is 0 Å². The van der Waals surface area contributed by atoms with Crippen LogP contribution in [0.2, 0.25) is 4.34 Å². The minimum atomic E-state index is -0.982. The van der Waals surface area contributed by atoms with Gasteiger partial charge < -0.3 is 10.0 Å². The van der Waals surface area contributed by atoms with Crippen LogP contribution in [0.5, 0.6) is 0 Å². The number of carboxylic acids is 1. The van der Waals surface area contributed by atoms with Gasteiger partial charge >= 0.3 is 5.97 Å². The Morgan fingerprint density at radius 3 is 2.91 bits per heavy atom. The zero-order valence-corrected chi connectivity index (χ0v) is 13.3. The average molecular weight is 336 g/mol. The van der Waals surface area contributed by atoms with Crippen molar-refractivity contribution in [1.29, 1.82) is 0 Å². The topological polar surface area (TPSA) is 57.6 Å². The summed E-state index contributed by atoms with van der Waals surface area (Å²) in [6.07, 6.45) is 1.04. The number of hydrogen-bond acceptors (Lipinski definition) is 3. The van der Waals surface area contributed by atoms with E-state index < -0.39 is 5.97 Å². The van der Waals surface area contributed by atoms with Gasteiger partial charge in [-0.3, -0.25) is 4.79 Å². The molecule has 0 spiro atoms. The van der Waals surface area contributed by atoms with E-state index in [1.54, 1.807) is 34.4 Å². The Balaban J connectivity index is 1.70. The Kier molecular flexibility index (Phi) is 4.18. The first-order chi connectivity index (χ1) is 10.5. The first-order valence-electron chi connectivity index (χ1n) is 6.90. The number of thiophene rings is 1. The summed E-state index contributed by atoms with van der Waals surface area (Å²) in [5.41, 5.74) is 2.05. The first-order valence-corrected chi connectivity index (χ1v) is 8.09. The Hall–Kier alpha value is -1.85. The molecule has 6 heteroatoms. The summed E-state index contributed by atoms with van der Waals surface area (Å²) < 4.78 is 0.758. The lowest BCUT2D eigenvalue weighted by Crippen LogP contribution is -2.36. The van der Waals surface area contributed by atoms with Gasteiger partial charge in [-0.1, -0.05) is 23.7 Å². The van der Waals surface area contributed by atoms with E-state index in [2.05, 4.69) is 0 Å². The average Bonchev–Trinajstić information content (AvgIpc) is 2.86. The molecule has 3 rings (SSSR count). The van der Waals surface area contributed by atoms with E-state index in [1.165, 1.54) is 10.9 Å². The Bertz CT molecular complexity index is 741. The van der Waals surface area contributed by atoms with Gasteiger partial charge in [0.15, 0.2) is 0 Å². The standard InChI is InChI=1S/C16H14ClNO3S/c17-14-8-12-9-18(5-4-13(12)22-14)15(19)7-10-2-1-3-11(6-10)16(20)21/h1-3,6,8H,4-5,7,9H2,(H,20,21). The molecule has 2 aromatic rings. The molecule has 0 bridgehead atoms. The fraction of sp³-hybridized carbons (Fsp3) is 0.250. The molecular formula is C16H14ClNO3S. The van der Waals surface area contributed by atoms with E-state index in [1.807, 2.05) is 6.07 Å². The molecule has 0 atom stereocenters. The molecule has 1 aliphatic heterocycles. The third-order valence-electron chi connectivity index (χ3n) is 3.72. The van der Waals surface area contributed by atoms with Gasteiger partial charge in [-0.15, -0.1) is 11.3 Å². The highest BCUT2D eigenvalue weighted by Crippen LogP contribution is 2.31. The zero-order valence-electron chi connectivity index (χ0n) is 11.7. The SMILES string of the molecule is O=C(O)c1cccc(CC(=O)N2CCc3sc(Cl)cc3C2)c1. The highest BCUT2D eigenvalue weighted by atomic mass is 35.5. The Labute approximate surface area is 136 Å². The van der Waals surface area contributed by atoms with E-state index in [9.17, 15) is 9.59 Å². The van der Waals surface area contributed by atoms with Crippen LogP contribution in [-0.2, 0) is 24.2 Å². The predicted octanol–water partition coefficient (Wildman–Crippen LogP) is 3.23. The molecule has 1 aliphatic rings. The molecule has 0 fully saturated rings. The van der Waals surface area contributed by atoms with Crippen LogP contribution >= 0.6 is 22.9 Å². The van der Waals surface area contributed by atoms with Gasteiger partial charge in [-0.05, 0) is 35.7 Å². The number of carboxylic acid groups (broad SMARTS) is 1. The fourth-order valence-corrected chi connectivity index (χ4v) is 3.91. The Morgan fingerprint density at radius 2 is 2.14 bits per heavy atom. The minimum Gasteiger partial charge on any atom is -0.478 e. The third kappa shape index (κ3) is 3.15. The molecule has 0 aliphatic carbocycles. The third-order valence-corrected chi connectivity index (χ3v) is 5.08. The summed E-state index contributed by atoms with van der Waals surface area (Å²) in [5.74, 6) is -0.972. The van der Waals surface area contributed by atoms with Crippen LogP contribution in [-0.4, -0.2) is 28.4 Å². The maximum atomic E-state index is 12.4. The molecular weight excluding hydrogens is 322 g/mol. The van der Waals surface area contributed by atoms with Crippen molar-refractivity contribution in [3.05, 3.63) is 56.2 Å². The molecule has 114 valence electrons. The largest absolute Gasteiger partial charge is 0.478 e. The highest BCUT2D eigenvalue weighted by molar-refractivity contribution is 7.16. The number of benzene rings is 1. The number of amides is 1. The van der Waals surface area contributed by atoms with E-state index >= 15 is 0 Å². The molecule has 0 saturated heterocycles. The van der Waals surface area contributed by atoms with E-state index in [0.29, 0.717) is 13.1 Å². The van der Waals surface area contributed by atoms with Gasteiger partial charge in [0.05, 0.1) is 16.3 Å². The number of halogens is 1. The second-order valence-corrected chi connectivity index (χ2v) is 7.01. The highest BCUT2D eigenvalue weighted by Gasteiger charge is 2.22. The van der Waals surface area contributed by atoms with Crippen LogP contribution in [0.1, 0.15) is 26.4 Å². The lowest BCUT2D eigenvalue weighted by Gasteiger charge is -2.27. The number of rotatable bonds is 3. The van der Waals surface area contributed by atoms with Crippen molar-refractivity contribution in [1.82, 2.24) is 4.90 Å². The number of carbonyl (C=O) groups is 2. The number of fused-ring (bicyclic) bond motifs is 1. The van der Waals surface area contributed by atoms with E-state index in [0.717, 1.165) is 21.9 Å². The molecule has 1 N–H and O–H groups in total. The smallest absolute Gasteiger partial charge is 0.335 e. The van der Waals surface area contributed by atoms with Crippen LogP contribution < -0.4 is 0 Å². The van der Waals surface area contributed by atoms with Gasteiger partial charge in [0, 0.05) is 18.0 Å². The summed E-state index contributed by atoms with van der Waals surface area (Å²) in [7, 11) is 0. The molecule has 1 amide bonds. The lowest BCUT2D eigenvalue weighted by atomic mass is 10.1. The number of carbonyl (C=O) groups excluding carboxylic acids is 1. The van der Waals surface area contributed by atoms with Gasteiger partial charge in [0.2, 0.25) is 5.91 Å². The quantitative estimate of drug-likeness (QED) is 0.937. The summed E-state index contributed by atoms with van der Waals surface area (Å²) in [5, 5.41) is 9.00. The maximum absolute atomic E-state index is 12.4. The maximum Gasteiger partial charge on any atom is 0.335 e. The van der Waals surface area contributed by atoms with Crippen LogP contribution in [0.3, 0.4) is 0 Å². The second-order valence-electron chi connectivity index (χ2n) is 5.25. The first kappa shape index (κ1) is 15.1. The van der Waals surface area contributed by atoms with E-state index in [-0.39, 0.29) is 17.9 Å². The monoisotopic (exact) mass is 335 g/mol. The molecule has 2 heterocycles. The zero-order chi connectivity index (χ0) is 15.7.